The Hall–Kier alpha value is -4.41. The molecule has 1 saturated heterocycles. The van der Waals surface area contributed by atoms with E-state index in [1.807, 2.05) is 6.07 Å². The van der Waals surface area contributed by atoms with Crippen LogP contribution in [0.4, 0.5) is 10.2 Å². The molecule has 4 aromatic rings. The third kappa shape index (κ3) is 7.40. The highest BCUT2D eigenvalue weighted by atomic mass is 35.5. The summed E-state index contributed by atoms with van der Waals surface area (Å²) in [6.45, 7) is 1.60. The third-order valence-corrected chi connectivity index (χ3v) is 12.7. The maximum Gasteiger partial charge on any atom is 0.277 e. The highest BCUT2D eigenvalue weighted by Crippen LogP contribution is 2.44. The number of benzene rings is 1. The summed E-state index contributed by atoms with van der Waals surface area (Å²) in [7, 11) is 0.920. The summed E-state index contributed by atoms with van der Waals surface area (Å²) in [6.07, 6.45) is 4.89. The smallest absolute Gasteiger partial charge is 0.277 e. The van der Waals surface area contributed by atoms with Crippen LogP contribution in [0.2, 0.25) is 5.02 Å². The first-order valence-corrected chi connectivity index (χ1v) is 19.7. The van der Waals surface area contributed by atoms with Crippen molar-refractivity contribution < 1.29 is 36.6 Å². The lowest BCUT2D eigenvalue weighted by atomic mass is 9.97. The zero-order valence-corrected chi connectivity index (χ0v) is 31.5. The molecule has 1 atom stereocenters. The number of methoxy groups -OCH3 is 3. The van der Waals surface area contributed by atoms with E-state index in [1.54, 1.807) is 12.1 Å². The molecule has 2 aliphatic heterocycles. The van der Waals surface area contributed by atoms with Crippen LogP contribution in [-0.2, 0) is 21.4 Å². The Bertz CT molecular complexity index is 2160. The van der Waals surface area contributed by atoms with Crippen LogP contribution in [0.3, 0.4) is 0 Å². The Kier molecular flexibility index (Phi) is 10.6. The fourth-order valence-electron chi connectivity index (χ4n) is 7.31. The number of carbonyl (C=O) groups excluding carboxylic acids is 2. The number of sulfonamides is 1. The molecule has 2 bridgehead atoms. The summed E-state index contributed by atoms with van der Waals surface area (Å²) in [6, 6.07) is 6.80. The van der Waals surface area contributed by atoms with Gasteiger partial charge in [-0.25, -0.2) is 18.4 Å². The number of nitrogens with zero attached hydrogens (tertiary/aromatic N) is 6. The highest BCUT2D eigenvalue weighted by molar-refractivity contribution is 7.90. The van der Waals surface area contributed by atoms with Crippen molar-refractivity contribution >= 4 is 55.8 Å². The normalized spacial score (nSPS) is 19.6. The molecule has 2 fully saturated rings. The van der Waals surface area contributed by atoms with Crippen LogP contribution >= 0.6 is 11.6 Å². The van der Waals surface area contributed by atoms with Crippen molar-refractivity contribution in [3.63, 3.8) is 0 Å². The largest absolute Gasteiger partial charge is 0.493 e. The van der Waals surface area contributed by atoms with Crippen LogP contribution in [0.15, 0.2) is 30.5 Å². The molecule has 5 heterocycles. The second-order valence-corrected chi connectivity index (χ2v) is 16.4. The van der Waals surface area contributed by atoms with Crippen molar-refractivity contribution in [2.45, 2.75) is 50.3 Å². The van der Waals surface area contributed by atoms with Crippen molar-refractivity contribution in [1.82, 2.24) is 28.9 Å². The van der Waals surface area contributed by atoms with Gasteiger partial charge in [-0.15, -0.1) is 0 Å². The van der Waals surface area contributed by atoms with Gasteiger partial charge in [0.05, 0.1) is 43.7 Å². The average Bonchev–Trinajstić information content (AvgIpc) is 3.97. The Morgan fingerprint density at radius 2 is 1.74 bits per heavy atom. The van der Waals surface area contributed by atoms with E-state index in [4.69, 9.17) is 30.8 Å². The number of rotatable bonds is 6. The summed E-state index contributed by atoms with van der Waals surface area (Å²) >= 11 is 6.14. The van der Waals surface area contributed by atoms with Crippen LogP contribution in [-0.4, -0.2) is 110 Å². The van der Waals surface area contributed by atoms with Gasteiger partial charge in [-0.05, 0) is 62.6 Å². The number of ether oxygens (including phenoxy) is 3. The topological polar surface area (TPSA) is 148 Å². The quantitative estimate of drug-likeness (QED) is 0.302. The lowest BCUT2D eigenvalue weighted by Gasteiger charge is -2.36. The van der Waals surface area contributed by atoms with Crippen molar-refractivity contribution in [3.05, 3.63) is 52.7 Å². The SMILES string of the molecule is COc1cc2nc3c(cc2c(OC)c1OC)CN(C(=O)c1nc2ccc(Cl)cn2c1F)CCCCN(S(=O)(=O)C1CC1)CC(=O)NCC1CCCN3C1. The first-order chi connectivity index (χ1) is 25.5. The van der Waals surface area contributed by atoms with Crippen molar-refractivity contribution in [2.24, 2.45) is 5.92 Å². The van der Waals surface area contributed by atoms with Gasteiger partial charge in [0.25, 0.3) is 5.91 Å². The van der Waals surface area contributed by atoms with Gasteiger partial charge < -0.3 is 29.3 Å². The predicted molar refractivity (Wildman–Crippen MR) is 197 cm³/mol. The second-order valence-electron chi connectivity index (χ2n) is 13.8. The molecule has 3 aromatic heterocycles. The van der Waals surface area contributed by atoms with Gasteiger partial charge in [0.15, 0.2) is 17.2 Å². The van der Waals surface area contributed by atoms with Crippen LogP contribution in [0, 0.1) is 11.9 Å². The van der Waals surface area contributed by atoms with Crippen LogP contribution in [0.25, 0.3) is 16.6 Å². The molecule has 1 unspecified atom stereocenters. The summed E-state index contributed by atoms with van der Waals surface area (Å²) in [5.74, 6) is 0.0716. The van der Waals surface area contributed by atoms with Gasteiger partial charge >= 0.3 is 0 Å². The van der Waals surface area contributed by atoms with E-state index in [9.17, 15) is 18.0 Å². The molecule has 53 heavy (non-hydrogen) atoms. The van der Waals surface area contributed by atoms with Crippen LogP contribution < -0.4 is 24.4 Å². The molecule has 3 aliphatic rings. The summed E-state index contributed by atoms with van der Waals surface area (Å²) in [4.78, 5) is 40.7. The minimum Gasteiger partial charge on any atom is -0.493 e. The number of amides is 2. The number of aromatic nitrogens is 3. The molecule has 284 valence electrons. The number of imidazole rings is 1. The van der Waals surface area contributed by atoms with Gasteiger partial charge in [-0.2, -0.15) is 8.70 Å². The van der Waals surface area contributed by atoms with Crippen LogP contribution in [0.5, 0.6) is 17.2 Å². The first kappa shape index (κ1) is 36.9. The van der Waals surface area contributed by atoms with E-state index in [0.717, 1.165) is 17.2 Å². The second kappa shape index (κ2) is 15.1. The van der Waals surface area contributed by atoms with Gasteiger partial charge in [-0.1, -0.05) is 11.6 Å². The van der Waals surface area contributed by atoms with E-state index < -0.39 is 27.1 Å². The predicted octanol–water partition coefficient (Wildman–Crippen LogP) is 4.26. The minimum atomic E-state index is -3.66. The Morgan fingerprint density at radius 1 is 0.962 bits per heavy atom. The van der Waals surface area contributed by atoms with Crippen LogP contribution in [0.1, 0.15) is 54.6 Å². The summed E-state index contributed by atoms with van der Waals surface area (Å²) < 4.78 is 62.2. The maximum absolute atomic E-state index is 15.9. The minimum absolute atomic E-state index is 0.0324. The van der Waals surface area contributed by atoms with E-state index in [1.165, 1.54) is 42.8 Å². The molecule has 7 rings (SSSR count). The lowest BCUT2D eigenvalue weighted by molar-refractivity contribution is -0.121. The third-order valence-electron chi connectivity index (χ3n) is 10.2. The van der Waals surface area contributed by atoms with Gasteiger partial charge in [0.2, 0.25) is 27.6 Å². The van der Waals surface area contributed by atoms with Gasteiger partial charge in [-0.3, -0.25) is 14.0 Å². The molecule has 0 spiro atoms. The Morgan fingerprint density at radius 3 is 2.47 bits per heavy atom. The van der Waals surface area contributed by atoms with E-state index >= 15 is 4.39 Å². The molecule has 1 N–H and O–H groups in total. The number of halogens is 2. The first-order valence-electron chi connectivity index (χ1n) is 17.8. The number of nitrogens with one attached hydrogen (secondary N) is 1. The van der Waals surface area contributed by atoms with Crippen molar-refractivity contribution in [3.8, 4) is 17.2 Å². The monoisotopic (exact) mass is 771 g/mol. The van der Waals surface area contributed by atoms with E-state index in [0.29, 0.717) is 84.9 Å². The number of hydrogen-bond acceptors (Lipinski definition) is 10. The van der Waals surface area contributed by atoms with Gasteiger partial charge in [0, 0.05) is 62.5 Å². The number of fused-ring (bicyclic) bond motifs is 6. The number of anilines is 1. The van der Waals surface area contributed by atoms with E-state index in [2.05, 4.69) is 15.2 Å². The Labute approximate surface area is 312 Å². The average molecular weight is 772 g/mol. The molecule has 1 aliphatic carbocycles. The van der Waals surface area contributed by atoms with Crippen molar-refractivity contribution in [1.29, 1.82) is 0 Å². The standard InChI is InChI=1S/C36H43ClFN7O7S/c1-50-28-16-27-26(32(51-2)33(28)52-3)15-23-19-43(36(47)31-34(38)45-20-24(37)8-11-29(45)41-31)12-4-5-14-44(53(48,49)25-9-10-25)21-30(46)39-17-22-7-6-13-42(18-22)35(23)40-27/h8,11,15-16,20,22,25H,4-7,9-10,12-14,17-19,21H2,1-3H3,(H,39,46). The summed E-state index contributed by atoms with van der Waals surface area (Å²) in [5, 5.41) is 3.42. The maximum atomic E-state index is 15.9. The van der Waals surface area contributed by atoms with E-state index in [-0.39, 0.29) is 54.4 Å². The molecule has 1 aromatic carbocycles. The van der Waals surface area contributed by atoms with Gasteiger partial charge in [0.1, 0.15) is 11.5 Å². The molecular weight excluding hydrogens is 729 g/mol. The zero-order chi connectivity index (χ0) is 37.4. The molecule has 14 nitrogen and oxygen atoms in total. The fourth-order valence-corrected chi connectivity index (χ4v) is 9.30. The number of carbonyl (C=O) groups is 2. The molecule has 1 saturated carbocycles. The highest BCUT2D eigenvalue weighted by Gasteiger charge is 2.40. The van der Waals surface area contributed by atoms with Crippen molar-refractivity contribution in [2.75, 3.05) is 65.5 Å². The molecule has 2 amide bonds. The molecule has 0 radical (unpaired) electrons. The zero-order valence-electron chi connectivity index (χ0n) is 29.9. The summed E-state index contributed by atoms with van der Waals surface area (Å²) in [5.41, 5.74) is 1.12. The Balaban J connectivity index is 1.33. The number of hydrogen-bond donors (Lipinski definition) is 1. The number of piperidine rings is 1. The molecule has 17 heteroatoms. The molecular formula is C36H43ClFN7O7S. The number of pyridine rings is 2. The fraction of sp³-hybridized carbons (Fsp3) is 0.500. The lowest BCUT2D eigenvalue weighted by Crippen LogP contribution is -2.46.